The van der Waals surface area contributed by atoms with Crippen LogP contribution < -0.4 is 15.5 Å². The minimum Gasteiger partial charge on any atom is -0.365 e. The highest BCUT2D eigenvalue weighted by Crippen LogP contribution is 2.24. The summed E-state index contributed by atoms with van der Waals surface area (Å²) in [6, 6.07) is 6.19. The van der Waals surface area contributed by atoms with E-state index in [9.17, 15) is 4.79 Å². The van der Waals surface area contributed by atoms with E-state index in [2.05, 4.69) is 24.5 Å². The largest absolute Gasteiger partial charge is 0.365 e. The molecule has 0 radical (unpaired) electrons. The highest BCUT2D eigenvalue weighted by molar-refractivity contribution is 6.30. The average molecular weight is 298 g/mol. The first-order valence-corrected chi connectivity index (χ1v) is 7.31. The van der Waals surface area contributed by atoms with Gasteiger partial charge in [0, 0.05) is 36.9 Å². The third kappa shape index (κ3) is 5.39. The van der Waals surface area contributed by atoms with Crippen molar-refractivity contribution in [2.24, 2.45) is 0 Å². The van der Waals surface area contributed by atoms with Crippen LogP contribution in [0.4, 0.5) is 5.69 Å². The lowest BCUT2D eigenvalue weighted by Crippen LogP contribution is -2.35. The van der Waals surface area contributed by atoms with Gasteiger partial charge in [-0.3, -0.25) is 4.79 Å². The molecule has 112 valence electrons. The number of carbonyl (C=O) groups excluding carboxylic acids is 1. The molecule has 1 aromatic rings. The fraction of sp³-hybridized carbons (Fsp3) is 0.533. The van der Waals surface area contributed by atoms with E-state index in [0.29, 0.717) is 24.2 Å². The molecule has 0 aliphatic carbocycles. The van der Waals surface area contributed by atoms with E-state index in [1.165, 1.54) is 0 Å². The number of carbonyl (C=O) groups is 1. The first kappa shape index (κ1) is 16.8. The Hall–Kier alpha value is -1.26. The van der Waals surface area contributed by atoms with E-state index < -0.39 is 0 Å². The molecule has 0 spiro atoms. The monoisotopic (exact) mass is 297 g/mol. The summed E-state index contributed by atoms with van der Waals surface area (Å²) in [6.07, 6.45) is 0. The molecule has 2 N–H and O–H groups in total. The minimum absolute atomic E-state index is 0.0118. The van der Waals surface area contributed by atoms with Crippen molar-refractivity contribution >= 4 is 23.2 Å². The van der Waals surface area contributed by atoms with Crippen molar-refractivity contribution < 1.29 is 4.79 Å². The van der Waals surface area contributed by atoms with Gasteiger partial charge in [-0.15, -0.1) is 0 Å². The number of nitrogens with zero attached hydrogens (tertiary/aromatic N) is 1. The zero-order valence-corrected chi connectivity index (χ0v) is 13.4. The number of nitrogens with one attached hydrogen (secondary N) is 2. The lowest BCUT2D eigenvalue weighted by atomic mass is 10.1. The fourth-order valence-electron chi connectivity index (χ4n) is 1.91. The van der Waals surface area contributed by atoms with Crippen LogP contribution in [-0.4, -0.2) is 32.1 Å². The van der Waals surface area contributed by atoms with Crippen molar-refractivity contribution in [3.63, 3.8) is 0 Å². The highest BCUT2D eigenvalue weighted by atomic mass is 35.5. The average Bonchev–Trinajstić information content (AvgIpc) is 2.37. The molecule has 0 saturated carbocycles. The molecule has 20 heavy (non-hydrogen) atoms. The van der Waals surface area contributed by atoms with Crippen LogP contribution in [0.15, 0.2) is 18.2 Å². The third-order valence-electron chi connectivity index (χ3n) is 2.91. The molecule has 0 aliphatic rings. The second kappa shape index (κ2) is 8.12. The SMILES string of the molecule is CCNC(=O)CN(C)c1cc(Cl)ccc1CNC(C)C. The van der Waals surface area contributed by atoms with Gasteiger partial charge in [-0.25, -0.2) is 0 Å². The van der Waals surface area contributed by atoms with Crippen LogP contribution in [0.2, 0.25) is 5.02 Å². The Bertz CT molecular complexity index is 449. The van der Waals surface area contributed by atoms with Crippen molar-refractivity contribution in [2.75, 3.05) is 25.0 Å². The third-order valence-corrected chi connectivity index (χ3v) is 3.15. The first-order chi connectivity index (χ1) is 9.43. The normalized spacial score (nSPS) is 10.7. The van der Waals surface area contributed by atoms with E-state index >= 15 is 0 Å². The number of amides is 1. The van der Waals surface area contributed by atoms with Crippen molar-refractivity contribution in [3.05, 3.63) is 28.8 Å². The second-order valence-corrected chi connectivity index (χ2v) is 5.55. The predicted molar refractivity (Wildman–Crippen MR) is 85.4 cm³/mol. The van der Waals surface area contributed by atoms with Gasteiger partial charge in [0.25, 0.3) is 0 Å². The quantitative estimate of drug-likeness (QED) is 0.812. The molecule has 0 bridgehead atoms. The molecule has 1 aromatic carbocycles. The molecular formula is C15H24ClN3O. The van der Waals surface area contributed by atoms with Gasteiger partial charge in [-0.05, 0) is 24.6 Å². The lowest BCUT2D eigenvalue weighted by Gasteiger charge is -2.23. The van der Waals surface area contributed by atoms with Gasteiger partial charge in [0.2, 0.25) is 5.91 Å². The summed E-state index contributed by atoms with van der Waals surface area (Å²) in [5.74, 6) is 0.0118. The number of benzene rings is 1. The Balaban J connectivity index is 2.84. The van der Waals surface area contributed by atoms with Crippen LogP contribution in [0.3, 0.4) is 0 Å². The summed E-state index contributed by atoms with van der Waals surface area (Å²) in [4.78, 5) is 13.6. The Morgan fingerprint density at radius 1 is 1.40 bits per heavy atom. The summed E-state index contributed by atoms with van der Waals surface area (Å²) in [6.45, 7) is 7.84. The molecule has 1 amide bonds. The zero-order chi connectivity index (χ0) is 15.1. The number of hydrogen-bond acceptors (Lipinski definition) is 3. The first-order valence-electron chi connectivity index (χ1n) is 6.93. The van der Waals surface area contributed by atoms with Gasteiger partial charge in [0.05, 0.1) is 6.54 Å². The van der Waals surface area contributed by atoms with Crippen molar-refractivity contribution in [1.82, 2.24) is 10.6 Å². The number of anilines is 1. The van der Waals surface area contributed by atoms with Gasteiger partial charge in [0.1, 0.15) is 0 Å². The maximum absolute atomic E-state index is 11.7. The molecule has 0 heterocycles. The van der Waals surface area contributed by atoms with E-state index in [-0.39, 0.29) is 5.91 Å². The molecule has 0 fully saturated rings. The van der Waals surface area contributed by atoms with Crippen LogP contribution in [-0.2, 0) is 11.3 Å². The maximum atomic E-state index is 11.7. The van der Waals surface area contributed by atoms with Crippen molar-refractivity contribution in [3.8, 4) is 0 Å². The van der Waals surface area contributed by atoms with Gasteiger partial charge < -0.3 is 15.5 Å². The number of likely N-dealkylation sites (N-methyl/N-ethyl adjacent to an activating group) is 2. The number of hydrogen-bond donors (Lipinski definition) is 2. The maximum Gasteiger partial charge on any atom is 0.239 e. The molecule has 0 aliphatic heterocycles. The lowest BCUT2D eigenvalue weighted by molar-refractivity contribution is -0.119. The van der Waals surface area contributed by atoms with Crippen LogP contribution in [0.1, 0.15) is 26.3 Å². The molecular weight excluding hydrogens is 274 g/mol. The summed E-state index contributed by atoms with van der Waals surface area (Å²) in [5, 5.41) is 6.86. The van der Waals surface area contributed by atoms with E-state index in [1.54, 1.807) is 0 Å². The Labute approximate surface area is 126 Å². The summed E-state index contributed by atoms with van der Waals surface area (Å²) < 4.78 is 0. The van der Waals surface area contributed by atoms with E-state index in [0.717, 1.165) is 17.8 Å². The molecule has 0 aromatic heterocycles. The van der Waals surface area contributed by atoms with Gasteiger partial charge in [-0.1, -0.05) is 31.5 Å². The predicted octanol–water partition coefficient (Wildman–Crippen LogP) is 2.41. The van der Waals surface area contributed by atoms with Crippen LogP contribution >= 0.6 is 11.6 Å². The molecule has 0 atom stereocenters. The van der Waals surface area contributed by atoms with Crippen LogP contribution in [0, 0.1) is 0 Å². The zero-order valence-electron chi connectivity index (χ0n) is 12.7. The molecule has 0 saturated heterocycles. The van der Waals surface area contributed by atoms with Gasteiger partial charge >= 0.3 is 0 Å². The van der Waals surface area contributed by atoms with Crippen LogP contribution in [0.5, 0.6) is 0 Å². The van der Waals surface area contributed by atoms with Crippen molar-refractivity contribution in [1.29, 1.82) is 0 Å². The Morgan fingerprint density at radius 3 is 2.70 bits per heavy atom. The summed E-state index contributed by atoms with van der Waals surface area (Å²) in [7, 11) is 1.90. The Morgan fingerprint density at radius 2 is 2.10 bits per heavy atom. The standard InChI is InChI=1S/C15H24ClN3O/c1-5-17-15(20)10-19(4)14-8-13(16)7-6-12(14)9-18-11(2)3/h6-8,11,18H,5,9-10H2,1-4H3,(H,17,20). The number of halogens is 1. The molecule has 1 rings (SSSR count). The fourth-order valence-corrected chi connectivity index (χ4v) is 2.08. The second-order valence-electron chi connectivity index (χ2n) is 5.12. The van der Waals surface area contributed by atoms with E-state index in [1.807, 2.05) is 37.1 Å². The molecule has 0 unspecified atom stereocenters. The smallest absolute Gasteiger partial charge is 0.239 e. The number of rotatable bonds is 7. The van der Waals surface area contributed by atoms with E-state index in [4.69, 9.17) is 11.6 Å². The molecule has 4 nitrogen and oxygen atoms in total. The van der Waals surface area contributed by atoms with Gasteiger partial charge in [-0.2, -0.15) is 0 Å². The summed E-state index contributed by atoms with van der Waals surface area (Å²) in [5.41, 5.74) is 2.12. The molecule has 5 heteroatoms. The Kier molecular flexibility index (Phi) is 6.82. The minimum atomic E-state index is 0.0118. The van der Waals surface area contributed by atoms with Crippen molar-refractivity contribution in [2.45, 2.75) is 33.4 Å². The van der Waals surface area contributed by atoms with Gasteiger partial charge in [0.15, 0.2) is 0 Å². The van der Waals surface area contributed by atoms with Crippen LogP contribution in [0.25, 0.3) is 0 Å². The highest BCUT2D eigenvalue weighted by Gasteiger charge is 2.11. The summed E-state index contributed by atoms with van der Waals surface area (Å²) >= 11 is 6.07. The topological polar surface area (TPSA) is 44.4 Å².